The number of H-pyrrole nitrogens is 1. The molecular weight excluding hydrogens is 212 g/mol. The predicted molar refractivity (Wildman–Crippen MR) is 71.1 cm³/mol. The zero-order valence-corrected chi connectivity index (χ0v) is 9.71. The smallest absolute Gasteiger partial charge is 0.257 e. The quantitative estimate of drug-likeness (QED) is 0.623. The summed E-state index contributed by atoms with van der Waals surface area (Å²) in [6.07, 6.45) is 0.769. The third-order valence-electron chi connectivity index (χ3n) is 2.50. The molecule has 0 spiro atoms. The van der Waals surface area contributed by atoms with Gasteiger partial charge < -0.3 is 10.3 Å². The van der Waals surface area contributed by atoms with Gasteiger partial charge in [0.1, 0.15) is 5.82 Å². The monoisotopic (exact) mass is 226 g/mol. The molecule has 2 rings (SSSR count). The summed E-state index contributed by atoms with van der Waals surface area (Å²) in [6, 6.07) is 9.48. The van der Waals surface area contributed by atoms with Gasteiger partial charge in [0.05, 0.1) is 0 Å². The van der Waals surface area contributed by atoms with E-state index in [9.17, 15) is 4.79 Å². The van der Waals surface area contributed by atoms with Crippen molar-refractivity contribution in [3.63, 3.8) is 0 Å². The van der Waals surface area contributed by atoms with Gasteiger partial charge in [-0.05, 0) is 24.4 Å². The van der Waals surface area contributed by atoms with E-state index >= 15 is 0 Å². The molecule has 86 valence electrons. The van der Waals surface area contributed by atoms with Gasteiger partial charge in [-0.1, -0.05) is 18.2 Å². The van der Waals surface area contributed by atoms with E-state index in [0.717, 1.165) is 24.2 Å². The molecule has 0 atom stereocenters. The topological polar surface area (TPSA) is 44.9 Å². The number of hydrogen-bond donors (Lipinski definition) is 2. The second-order valence-corrected chi connectivity index (χ2v) is 3.70. The molecule has 0 aliphatic rings. The molecule has 17 heavy (non-hydrogen) atoms. The highest BCUT2D eigenvalue weighted by Gasteiger charge is 1.99. The molecule has 0 amide bonds. The van der Waals surface area contributed by atoms with Crippen LogP contribution in [0.25, 0.3) is 10.8 Å². The van der Waals surface area contributed by atoms with E-state index in [1.807, 2.05) is 37.3 Å². The highest BCUT2D eigenvalue weighted by Crippen LogP contribution is 2.12. The first kappa shape index (κ1) is 11.3. The van der Waals surface area contributed by atoms with Crippen molar-refractivity contribution < 1.29 is 0 Å². The molecule has 0 fully saturated rings. The molecule has 0 aliphatic carbocycles. The maximum Gasteiger partial charge on any atom is 0.257 e. The minimum Gasteiger partial charge on any atom is -0.371 e. The summed E-state index contributed by atoms with van der Waals surface area (Å²) in [5.74, 6) is 6.54. The van der Waals surface area contributed by atoms with Crippen molar-refractivity contribution in [1.82, 2.24) is 4.98 Å². The van der Waals surface area contributed by atoms with E-state index in [2.05, 4.69) is 22.1 Å². The fourth-order valence-corrected chi connectivity index (χ4v) is 1.69. The van der Waals surface area contributed by atoms with Gasteiger partial charge in [-0.2, -0.15) is 0 Å². The lowest BCUT2D eigenvalue weighted by Crippen LogP contribution is -2.11. The average molecular weight is 226 g/mol. The second kappa shape index (κ2) is 5.22. The number of nitrogens with one attached hydrogen (secondary N) is 2. The number of hydrogen-bond acceptors (Lipinski definition) is 2. The van der Waals surface area contributed by atoms with Crippen molar-refractivity contribution in [3.05, 3.63) is 40.7 Å². The van der Waals surface area contributed by atoms with Crippen LogP contribution in [-0.2, 0) is 0 Å². The van der Waals surface area contributed by atoms with Crippen LogP contribution < -0.4 is 10.9 Å². The lowest BCUT2D eigenvalue weighted by Gasteiger charge is -2.05. The molecule has 0 saturated heterocycles. The number of aromatic nitrogens is 1. The summed E-state index contributed by atoms with van der Waals surface area (Å²) >= 11 is 0. The van der Waals surface area contributed by atoms with Gasteiger partial charge in [-0.25, -0.2) is 0 Å². The summed E-state index contributed by atoms with van der Waals surface area (Å²) in [4.78, 5) is 14.6. The molecule has 2 aromatic rings. The molecule has 1 heterocycles. The predicted octanol–water partition coefficient (Wildman–Crippen LogP) is 2.35. The average Bonchev–Trinajstić information content (AvgIpc) is 2.35. The molecule has 1 aromatic heterocycles. The normalized spacial score (nSPS) is 9.71. The van der Waals surface area contributed by atoms with Crippen molar-refractivity contribution in [1.29, 1.82) is 0 Å². The highest BCUT2D eigenvalue weighted by molar-refractivity contribution is 5.83. The van der Waals surface area contributed by atoms with Gasteiger partial charge in [0, 0.05) is 18.4 Å². The molecule has 1 aromatic carbocycles. The molecular formula is C14H14N2O. The van der Waals surface area contributed by atoms with E-state index < -0.39 is 0 Å². The standard InChI is InChI=1S/C14H14N2O/c1-2-3-6-9-15-13-10-11-7-4-5-8-12(11)14(17)16-13/h4-5,7-8,10H,6,9H2,1H3,(H2,15,16,17). The van der Waals surface area contributed by atoms with Crippen LogP contribution in [0.3, 0.4) is 0 Å². The fraction of sp³-hybridized carbons (Fsp3) is 0.214. The molecule has 2 N–H and O–H groups in total. The first-order valence-corrected chi connectivity index (χ1v) is 5.57. The van der Waals surface area contributed by atoms with Gasteiger partial charge >= 0.3 is 0 Å². The zero-order chi connectivity index (χ0) is 12.1. The Kier molecular flexibility index (Phi) is 3.46. The van der Waals surface area contributed by atoms with Gasteiger partial charge in [0.25, 0.3) is 5.56 Å². The number of pyridine rings is 1. The third-order valence-corrected chi connectivity index (χ3v) is 2.50. The first-order valence-electron chi connectivity index (χ1n) is 5.57. The van der Waals surface area contributed by atoms with Crippen LogP contribution in [0.15, 0.2) is 35.1 Å². The van der Waals surface area contributed by atoms with Crippen LogP contribution in [0.1, 0.15) is 13.3 Å². The Bertz CT molecular complexity index is 632. The maximum atomic E-state index is 11.8. The Labute approximate surface area is 99.9 Å². The van der Waals surface area contributed by atoms with Gasteiger partial charge in [-0.3, -0.25) is 4.79 Å². The summed E-state index contributed by atoms with van der Waals surface area (Å²) in [6.45, 7) is 2.55. The first-order chi connectivity index (χ1) is 8.31. The van der Waals surface area contributed by atoms with Gasteiger partial charge in [0.2, 0.25) is 0 Å². The third kappa shape index (κ3) is 2.67. The van der Waals surface area contributed by atoms with Crippen molar-refractivity contribution in [3.8, 4) is 11.8 Å². The van der Waals surface area contributed by atoms with E-state index in [-0.39, 0.29) is 5.56 Å². The fourth-order valence-electron chi connectivity index (χ4n) is 1.69. The molecule has 3 heteroatoms. The Morgan fingerprint density at radius 1 is 1.35 bits per heavy atom. The Morgan fingerprint density at radius 2 is 2.18 bits per heavy atom. The van der Waals surface area contributed by atoms with Crippen LogP contribution in [-0.4, -0.2) is 11.5 Å². The van der Waals surface area contributed by atoms with E-state index in [1.54, 1.807) is 0 Å². The lowest BCUT2D eigenvalue weighted by molar-refractivity contribution is 1.07. The number of anilines is 1. The summed E-state index contributed by atoms with van der Waals surface area (Å²) in [5, 5.41) is 4.81. The number of benzene rings is 1. The highest BCUT2D eigenvalue weighted by atomic mass is 16.1. The Hall–Kier alpha value is -2.21. The van der Waals surface area contributed by atoms with Crippen molar-refractivity contribution in [2.24, 2.45) is 0 Å². The van der Waals surface area contributed by atoms with Gasteiger partial charge in [0.15, 0.2) is 0 Å². The van der Waals surface area contributed by atoms with E-state index in [1.165, 1.54) is 0 Å². The second-order valence-electron chi connectivity index (χ2n) is 3.70. The molecule has 0 radical (unpaired) electrons. The van der Waals surface area contributed by atoms with Crippen LogP contribution in [0.2, 0.25) is 0 Å². The molecule has 0 aliphatic heterocycles. The van der Waals surface area contributed by atoms with E-state index in [4.69, 9.17) is 0 Å². The van der Waals surface area contributed by atoms with Gasteiger partial charge in [-0.15, -0.1) is 11.8 Å². The van der Waals surface area contributed by atoms with Crippen LogP contribution in [0.4, 0.5) is 5.82 Å². The molecule has 0 saturated carbocycles. The minimum atomic E-state index is -0.0628. The number of fused-ring (bicyclic) bond motifs is 1. The van der Waals surface area contributed by atoms with E-state index in [0.29, 0.717) is 5.39 Å². The van der Waals surface area contributed by atoms with Crippen LogP contribution in [0, 0.1) is 11.8 Å². The largest absolute Gasteiger partial charge is 0.371 e. The zero-order valence-electron chi connectivity index (χ0n) is 9.71. The van der Waals surface area contributed by atoms with Crippen LogP contribution >= 0.6 is 0 Å². The minimum absolute atomic E-state index is 0.0628. The summed E-state index contributed by atoms with van der Waals surface area (Å²) < 4.78 is 0. The number of rotatable bonds is 3. The Balaban J connectivity index is 2.23. The molecule has 0 unspecified atom stereocenters. The van der Waals surface area contributed by atoms with Crippen LogP contribution in [0.5, 0.6) is 0 Å². The van der Waals surface area contributed by atoms with Crippen molar-refractivity contribution in [2.45, 2.75) is 13.3 Å². The molecule has 3 nitrogen and oxygen atoms in total. The Morgan fingerprint density at radius 3 is 3.00 bits per heavy atom. The summed E-state index contributed by atoms with van der Waals surface area (Å²) in [5.41, 5.74) is -0.0628. The lowest BCUT2D eigenvalue weighted by atomic mass is 10.2. The number of aromatic amines is 1. The van der Waals surface area contributed by atoms with Crippen molar-refractivity contribution in [2.75, 3.05) is 11.9 Å². The SMILES string of the molecule is CC#CCCNc1cc2ccccc2c(=O)[nH]1. The maximum absolute atomic E-state index is 11.8. The van der Waals surface area contributed by atoms with Crippen molar-refractivity contribution >= 4 is 16.6 Å². The summed E-state index contributed by atoms with van der Waals surface area (Å²) in [7, 11) is 0. The molecule has 0 bridgehead atoms.